The third-order valence-corrected chi connectivity index (χ3v) is 3.72. The molecule has 0 bridgehead atoms. The summed E-state index contributed by atoms with van der Waals surface area (Å²) in [5.41, 5.74) is 1.05. The van der Waals surface area contributed by atoms with Crippen LogP contribution in [0.3, 0.4) is 0 Å². The quantitative estimate of drug-likeness (QED) is 0.618. The van der Waals surface area contributed by atoms with Gasteiger partial charge in [0.05, 0.1) is 5.02 Å². The number of thiocarbonyl (C=S) groups is 1. The first-order valence-corrected chi connectivity index (χ1v) is 7.66. The molecular weight excluding hydrogens is 334 g/mol. The highest BCUT2D eigenvalue weighted by molar-refractivity contribution is 7.80. The zero-order valence-electron chi connectivity index (χ0n) is 12.8. The highest BCUT2D eigenvalue weighted by atomic mass is 35.5. The molecule has 0 aliphatic rings. The van der Waals surface area contributed by atoms with E-state index in [1.807, 2.05) is 30.3 Å². The second kappa shape index (κ2) is 7.94. The van der Waals surface area contributed by atoms with Crippen LogP contribution in [-0.4, -0.2) is 30.1 Å². The zero-order valence-corrected chi connectivity index (χ0v) is 14.4. The van der Waals surface area contributed by atoms with Gasteiger partial charge in [-0.2, -0.15) is 0 Å². The fourth-order valence-electron chi connectivity index (χ4n) is 1.77. The van der Waals surface area contributed by atoms with Crippen molar-refractivity contribution in [2.24, 2.45) is 0 Å². The molecule has 2 aromatic rings. The predicted octanol–water partition coefficient (Wildman–Crippen LogP) is 3.92. The van der Waals surface area contributed by atoms with E-state index in [1.165, 1.54) is 0 Å². The van der Waals surface area contributed by atoms with Crippen LogP contribution in [0, 0.1) is 0 Å². The molecule has 0 spiro atoms. The van der Waals surface area contributed by atoms with Gasteiger partial charge < -0.3 is 14.4 Å². The Labute approximate surface area is 145 Å². The van der Waals surface area contributed by atoms with Crippen LogP contribution in [-0.2, 0) is 11.3 Å². The average molecular weight is 350 g/mol. The normalized spacial score (nSPS) is 10.0. The smallest absolute Gasteiger partial charge is 0.343 e. The molecule has 0 aliphatic heterocycles. The molecule has 2 rings (SSSR count). The van der Waals surface area contributed by atoms with E-state index in [0.29, 0.717) is 0 Å². The average Bonchev–Trinajstić information content (AvgIpc) is 2.53. The van der Waals surface area contributed by atoms with Crippen molar-refractivity contribution in [3.8, 4) is 5.75 Å². The second-order valence-electron chi connectivity index (χ2n) is 4.94. The molecule has 4 nitrogen and oxygen atoms in total. The second-order valence-corrected chi connectivity index (χ2v) is 5.69. The number of nitrogens with zero attached hydrogens (tertiary/aromatic N) is 1. The predicted molar refractivity (Wildman–Crippen MR) is 93.9 cm³/mol. The van der Waals surface area contributed by atoms with Crippen LogP contribution < -0.4 is 4.74 Å². The number of benzene rings is 2. The van der Waals surface area contributed by atoms with Crippen LogP contribution in [0.4, 0.5) is 0 Å². The van der Waals surface area contributed by atoms with Gasteiger partial charge in [0.1, 0.15) is 17.9 Å². The number of rotatable bonds is 4. The summed E-state index contributed by atoms with van der Waals surface area (Å²) in [5, 5.41) is 0.478. The van der Waals surface area contributed by atoms with Crippen molar-refractivity contribution in [2.45, 2.75) is 6.61 Å². The third-order valence-electron chi connectivity index (χ3n) is 2.95. The number of ether oxygens (including phenoxy) is 2. The maximum atomic E-state index is 12.4. The van der Waals surface area contributed by atoms with Gasteiger partial charge in [0.25, 0.3) is 5.17 Å². The monoisotopic (exact) mass is 349 g/mol. The number of carbonyl (C=O) groups excluding carboxylic acids is 1. The van der Waals surface area contributed by atoms with Crippen molar-refractivity contribution >= 4 is 35.0 Å². The SMILES string of the molecule is CN(C)C(=S)Oc1cccc(Cl)c1C(=O)OCc1ccccc1. The lowest BCUT2D eigenvalue weighted by atomic mass is 10.2. The Morgan fingerprint density at radius 2 is 1.83 bits per heavy atom. The van der Waals surface area contributed by atoms with E-state index in [9.17, 15) is 4.79 Å². The van der Waals surface area contributed by atoms with Crippen LogP contribution in [0.2, 0.25) is 5.02 Å². The number of hydrogen-bond donors (Lipinski definition) is 0. The molecular formula is C17H16ClNO3S. The van der Waals surface area contributed by atoms with Gasteiger partial charge in [-0.05, 0) is 29.9 Å². The molecule has 0 heterocycles. The first-order chi connectivity index (χ1) is 11.0. The van der Waals surface area contributed by atoms with Gasteiger partial charge in [0, 0.05) is 14.1 Å². The molecule has 0 fully saturated rings. The van der Waals surface area contributed by atoms with E-state index in [4.69, 9.17) is 33.3 Å². The molecule has 0 saturated heterocycles. The highest BCUT2D eigenvalue weighted by Gasteiger charge is 2.20. The summed E-state index contributed by atoms with van der Waals surface area (Å²) in [6.45, 7) is 0.155. The summed E-state index contributed by atoms with van der Waals surface area (Å²) in [7, 11) is 3.50. The summed E-state index contributed by atoms with van der Waals surface area (Å²) in [5.74, 6) is -0.287. The number of halogens is 1. The molecule has 0 atom stereocenters. The van der Waals surface area contributed by atoms with E-state index in [1.54, 1.807) is 37.2 Å². The van der Waals surface area contributed by atoms with E-state index < -0.39 is 5.97 Å². The fourth-order valence-corrected chi connectivity index (χ4v) is 2.10. The number of hydrogen-bond acceptors (Lipinski definition) is 4. The molecule has 0 N–H and O–H groups in total. The Morgan fingerprint density at radius 3 is 2.48 bits per heavy atom. The van der Waals surface area contributed by atoms with Crippen LogP contribution in [0.25, 0.3) is 0 Å². The lowest BCUT2D eigenvalue weighted by molar-refractivity contribution is 0.0470. The van der Waals surface area contributed by atoms with Gasteiger partial charge in [-0.15, -0.1) is 0 Å². The standard InChI is InChI=1S/C17H16ClNO3S/c1-19(2)17(23)22-14-10-6-9-13(18)15(14)16(20)21-11-12-7-4-3-5-8-12/h3-10H,11H2,1-2H3. The molecule has 23 heavy (non-hydrogen) atoms. The summed E-state index contributed by atoms with van der Waals surface area (Å²) in [6.07, 6.45) is 0. The topological polar surface area (TPSA) is 38.8 Å². The van der Waals surface area contributed by atoms with E-state index >= 15 is 0 Å². The maximum Gasteiger partial charge on any atom is 0.343 e. The van der Waals surface area contributed by atoms with Gasteiger partial charge in [0.15, 0.2) is 0 Å². The van der Waals surface area contributed by atoms with Gasteiger partial charge >= 0.3 is 5.97 Å². The van der Waals surface area contributed by atoms with E-state index in [0.717, 1.165) is 5.56 Å². The molecule has 0 aromatic heterocycles. The van der Waals surface area contributed by atoms with Crippen LogP contribution in [0.5, 0.6) is 5.75 Å². The minimum absolute atomic E-state index is 0.155. The molecule has 0 radical (unpaired) electrons. The van der Waals surface area contributed by atoms with Crippen LogP contribution in [0.15, 0.2) is 48.5 Å². The number of carbonyl (C=O) groups is 1. The van der Waals surface area contributed by atoms with E-state index in [-0.39, 0.29) is 28.1 Å². The van der Waals surface area contributed by atoms with Crippen molar-refractivity contribution in [2.75, 3.05) is 14.1 Å². The summed E-state index contributed by atoms with van der Waals surface area (Å²) in [4.78, 5) is 14.0. The van der Waals surface area contributed by atoms with Crippen LogP contribution in [0.1, 0.15) is 15.9 Å². The van der Waals surface area contributed by atoms with Gasteiger partial charge in [-0.1, -0.05) is 48.0 Å². The maximum absolute atomic E-state index is 12.4. The molecule has 0 aliphatic carbocycles. The Morgan fingerprint density at radius 1 is 1.13 bits per heavy atom. The Hall–Kier alpha value is -2.11. The Kier molecular flexibility index (Phi) is 5.96. The third kappa shape index (κ3) is 4.68. The van der Waals surface area contributed by atoms with Gasteiger partial charge in [-0.3, -0.25) is 0 Å². The molecule has 0 saturated carbocycles. The molecule has 0 unspecified atom stereocenters. The number of esters is 1. The molecule has 120 valence electrons. The Bertz CT molecular complexity index is 704. The molecule has 0 amide bonds. The van der Waals surface area contributed by atoms with Gasteiger partial charge in [0.2, 0.25) is 0 Å². The summed E-state index contributed by atoms with van der Waals surface area (Å²) in [6, 6.07) is 14.3. The van der Waals surface area contributed by atoms with Crippen LogP contribution >= 0.6 is 23.8 Å². The summed E-state index contributed by atoms with van der Waals surface area (Å²) < 4.78 is 10.9. The molecule has 6 heteroatoms. The minimum Gasteiger partial charge on any atom is -0.457 e. The largest absolute Gasteiger partial charge is 0.457 e. The van der Waals surface area contributed by atoms with E-state index in [2.05, 4.69) is 0 Å². The minimum atomic E-state index is -0.559. The van der Waals surface area contributed by atoms with Crippen molar-refractivity contribution in [1.29, 1.82) is 0 Å². The Balaban J connectivity index is 2.17. The van der Waals surface area contributed by atoms with Crippen molar-refractivity contribution in [1.82, 2.24) is 4.90 Å². The van der Waals surface area contributed by atoms with Crippen molar-refractivity contribution < 1.29 is 14.3 Å². The first-order valence-electron chi connectivity index (χ1n) is 6.87. The van der Waals surface area contributed by atoms with Gasteiger partial charge in [-0.25, -0.2) is 4.79 Å². The van der Waals surface area contributed by atoms with Crippen molar-refractivity contribution in [3.05, 3.63) is 64.7 Å². The van der Waals surface area contributed by atoms with Crippen molar-refractivity contribution in [3.63, 3.8) is 0 Å². The lowest BCUT2D eigenvalue weighted by Gasteiger charge is -2.16. The summed E-state index contributed by atoms with van der Waals surface area (Å²) >= 11 is 11.2. The molecule has 2 aromatic carbocycles. The highest BCUT2D eigenvalue weighted by Crippen LogP contribution is 2.28. The fraction of sp³-hybridized carbons (Fsp3) is 0.176. The first kappa shape index (κ1) is 17.2. The lowest BCUT2D eigenvalue weighted by Crippen LogP contribution is -2.26. The zero-order chi connectivity index (χ0) is 16.8.